The lowest BCUT2D eigenvalue weighted by Crippen LogP contribution is -2.23. The summed E-state index contributed by atoms with van der Waals surface area (Å²) < 4.78 is 0.0647. The quantitative estimate of drug-likeness (QED) is 0.357. The molecule has 0 N–H and O–H groups in total. The SMILES string of the molecule is SCCC(S)C(CS)C(S)S. The van der Waals surface area contributed by atoms with Crippen LogP contribution in [0.25, 0.3) is 0 Å². The van der Waals surface area contributed by atoms with Crippen molar-refractivity contribution in [3.05, 3.63) is 0 Å². The first-order valence-corrected chi connectivity index (χ1v) is 6.20. The van der Waals surface area contributed by atoms with E-state index in [-0.39, 0.29) is 4.58 Å². The van der Waals surface area contributed by atoms with Crippen molar-refractivity contribution in [3.63, 3.8) is 0 Å². The van der Waals surface area contributed by atoms with Crippen molar-refractivity contribution in [3.8, 4) is 0 Å². The Morgan fingerprint density at radius 2 is 1.55 bits per heavy atom. The predicted molar refractivity (Wildman–Crippen MR) is 70.3 cm³/mol. The van der Waals surface area contributed by atoms with Crippen molar-refractivity contribution in [1.82, 2.24) is 0 Å². The van der Waals surface area contributed by atoms with Crippen LogP contribution in [0.1, 0.15) is 6.42 Å². The zero-order valence-corrected chi connectivity index (χ0v) is 10.6. The van der Waals surface area contributed by atoms with Crippen molar-refractivity contribution < 1.29 is 0 Å². The minimum Gasteiger partial charge on any atom is -0.179 e. The van der Waals surface area contributed by atoms with Crippen LogP contribution in [0, 0.1) is 5.92 Å². The Bertz CT molecular complexity index is 95.0. The number of rotatable bonds is 5. The molecular weight excluding hydrogens is 232 g/mol. The average Bonchev–Trinajstić information content (AvgIpc) is 1.88. The van der Waals surface area contributed by atoms with E-state index in [2.05, 4.69) is 63.1 Å². The standard InChI is InChI=1S/C6H14S5/c7-2-1-5(9)4(3-8)6(10)11/h4-11H,1-3H2. The van der Waals surface area contributed by atoms with Gasteiger partial charge in [-0.1, -0.05) is 0 Å². The molecule has 2 unspecified atom stereocenters. The molecule has 0 aromatic rings. The van der Waals surface area contributed by atoms with Crippen LogP contribution in [0.5, 0.6) is 0 Å². The third kappa shape index (κ3) is 5.13. The molecule has 0 nitrogen and oxygen atoms in total. The molecule has 0 aliphatic carbocycles. The van der Waals surface area contributed by atoms with Crippen LogP contribution in [0.4, 0.5) is 0 Å². The monoisotopic (exact) mass is 246 g/mol. The van der Waals surface area contributed by atoms with Crippen molar-refractivity contribution >= 4 is 63.1 Å². The smallest absolute Gasteiger partial charge is 0.0488 e. The minimum absolute atomic E-state index is 0.0647. The molecule has 5 heteroatoms. The van der Waals surface area contributed by atoms with Crippen LogP contribution in [0.2, 0.25) is 0 Å². The topological polar surface area (TPSA) is 0 Å². The van der Waals surface area contributed by atoms with Gasteiger partial charge in [0.25, 0.3) is 0 Å². The molecule has 0 radical (unpaired) electrons. The van der Waals surface area contributed by atoms with Gasteiger partial charge in [-0.2, -0.15) is 63.1 Å². The fourth-order valence-corrected chi connectivity index (χ4v) is 3.51. The largest absolute Gasteiger partial charge is 0.179 e. The zero-order valence-electron chi connectivity index (χ0n) is 6.09. The number of thiol groups is 5. The molecule has 0 amide bonds. The normalized spacial score (nSPS) is 16.9. The molecule has 0 aromatic heterocycles. The van der Waals surface area contributed by atoms with Gasteiger partial charge in [-0.15, -0.1) is 0 Å². The summed E-state index contributed by atoms with van der Waals surface area (Å²) in [6, 6.07) is 0. The van der Waals surface area contributed by atoms with Crippen molar-refractivity contribution in [1.29, 1.82) is 0 Å². The molecule has 0 aliphatic rings. The summed E-state index contributed by atoms with van der Waals surface area (Å²) in [7, 11) is 0. The Hall–Kier alpha value is 1.75. The molecule has 0 saturated carbocycles. The molecule has 0 aromatic carbocycles. The highest BCUT2D eigenvalue weighted by atomic mass is 32.2. The van der Waals surface area contributed by atoms with Gasteiger partial charge >= 0.3 is 0 Å². The molecule has 0 spiro atoms. The van der Waals surface area contributed by atoms with E-state index in [0.717, 1.165) is 17.9 Å². The van der Waals surface area contributed by atoms with E-state index in [4.69, 9.17) is 0 Å². The predicted octanol–water partition coefficient (Wildman–Crippen LogP) is 2.34. The molecule has 0 fully saturated rings. The third-order valence-corrected chi connectivity index (χ3v) is 3.60. The summed E-state index contributed by atoms with van der Waals surface area (Å²) in [5.41, 5.74) is 0. The Kier molecular flexibility index (Phi) is 8.32. The van der Waals surface area contributed by atoms with E-state index in [1.165, 1.54) is 0 Å². The lowest BCUT2D eigenvalue weighted by Gasteiger charge is -2.23. The highest BCUT2D eigenvalue weighted by Crippen LogP contribution is 2.25. The first-order valence-electron chi connectivity index (χ1n) is 3.39. The van der Waals surface area contributed by atoms with Gasteiger partial charge in [0.05, 0.1) is 0 Å². The third-order valence-electron chi connectivity index (χ3n) is 1.51. The van der Waals surface area contributed by atoms with Gasteiger partial charge in [-0.05, 0) is 23.8 Å². The Morgan fingerprint density at radius 3 is 1.82 bits per heavy atom. The summed E-state index contributed by atoms with van der Waals surface area (Å²) in [6.07, 6.45) is 0.981. The molecule has 0 bridgehead atoms. The molecule has 2 atom stereocenters. The van der Waals surface area contributed by atoms with Crippen LogP contribution < -0.4 is 0 Å². The Labute approximate surface area is 96.3 Å². The number of hydrogen-bond acceptors (Lipinski definition) is 5. The van der Waals surface area contributed by atoms with Crippen molar-refractivity contribution in [2.45, 2.75) is 16.3 Å². The summed E-state index contributed by atoms with van der Waals surface area (Å²) >= 11 is 21.3. The summed E-state index contributed by atoms with van der Waals surface area (Å²) in [5.74, 6) is 1.98. The van der Waals surface area contributed by atoms with E-state index in [1.54, 1.807) is 0 Å². The molecule has 0 saturated heterocycles. The maximum absolute atomic E-state index is 4.43. The highest BCUT2D eigenvalue weighted by molar-refractivity contribution is 7.99. The van der Waals surface area contributed by atoms with Gasteiger partial charge < -0.3 is 0 Å². The van der Waals surface area contributed by atoms with Crippen LogP contribution in [0.3, 0.4) is 0 Å². The van der Waals surface area contributed by atoms with Gasteiger partial charge in [0.2, 0.25) is 0 Å². The molecule has 11 heavy (non-hydrogen) atoms. The molecule has 0 heterocycles. The van der Waals surface area contributed by atoms with Crippen LogP contribution in [-0.4, -0.2) is 21.3 Å². The van der Waals surface area contributed by atoms with Crippen LogP contribution in [-0.2, 0) is 0 Å². The fourth-order valence-electron chi connectivity index (χ4n) is 0.761. The molecular formula is C6H14S5. The second kappa shape index (κ2) is 7.18. The van der Waals surface area contributed by atoms with Crippen molar-refractivity contribution in [2.75, 3.05) is 11.5 Å². The van der Waals surface area contributed by atoms with E-state index in [0.29, 0.717) is 11.2 Å². The van der Waals surface area contributed by atoms with Gasteiger partial charge in [-0.25, -0.2) is 0 Å². The second-order valence-corrected chi connectivity index (χ2v) is 5.34. The van der Waals surface area contributed by atoms with Gasteiger partial charge in [0.15, 0.2) is 0 Å². The lowest BCUT2D eigenvalue weighted by atomic mass is 10.1. The molecule has 0 aliphatic heterocycles. The van der Waals surface area contributed by atoms with E-state index < -0.39 is 0 Å². The van der Waals surface area contributed by atoms with Crippen LogP contribution >= 0.6 is 63.1 Å². The summed E-state index contributed by atoms with van der Waals surface area (Å²) in [5, 5.41) is 0.310. The maximum atomic E-state index is 4.43. The Balaban J connectivity index is 3.81. The van der Waals surface area contributed by atoms with Gasteiger partial charge in [-0.3, -0.25) is 0 Å². The molecule has 0 rings (SSSR count). The van der Waals surface area contributed by atoms with E-state index in [9.17, 15) is 0 Å². The van der Waals surface area contributed by atoms with Gasteiger partial charge in [0, 0.05) is 9.83 Å². The highest BCUT2D eigenvalue weighted by Gasteiger charge is 2.20. The van der Waals surface area contributed by atoms with E-state index in [1.807, 2.05) is 0 Å². The van der Waals surface area contributed by atoms with Gasteiger partial charge in [0.1, 0.15) is 0 Å². The van der Waals surface area contributed by atoms with Crippen molar-refractivity contribution in [2.24, 2.45) is 5.92 Å². The second-order valence-electron chi connectivity index (χ2n) is 2.34. The number of hydrogen-bond donors (Lipinski definition) is 5. The zero-order chi connectivity index (χ0) is 8.85. The summed E-state index contributed by atoms with van der Waals surface area (Å²) in [4.78, 5) is 0. The van der Waals surface area contributed by atoms with E-state index >= 15 is 0 Å². The average molecular weight is 247 g/mol. The summed E-state index contributed by atoms with van der Waals surface area (Å²) in [6.45, 7) is 0. The molecule has 68 valence electrons. The first-order chi connectivity index (χ1) is 5.13. The van der Waals surface area contributed by atoms with Crippen LogP contribution in [0.15, 0.2) is 0 Å². The lowest BCUT2D eigenvalue weighted by molar-refractivity contribution is 0.605. The fraction of sp³-hybridized carbons (Fsp3) is 1.00. The maximum Gasteiger partial charge on any atom is 0.0488 e. The first kappa shape index (κ1) is 12.8. The Morgan fingerprint density at radius 1 is 1.00 bits per heavy atom. The minimum atomic E-state index is 0.0647.